The number of carboxylic acid groups (broad SMARTS) is 2. The molecule has 1 aromatic heterocycles. The van der Waals surface area contributed by atoms with Crippen LogP contribution < -0.4 is 10.1 Å². The maximum Gasteiger partial charge on any atom is 0.490 e. The third-order valence-electron chi connectivity index (χ3n) is 6.81. The van der Waals surface area contributed by atoms with Gasteiger partial charge in [-0.25, -0.2) is 9.59 Å². The number of hydrogen-bond acceptors (Lipinski definition) is 6. The summed E-state index contributed by atoms with van der Waals surface area (Å²) in [4.78, 5) is 37.3. The normalized spacial score (nSPS) is 17.6. The molecular weight excluding hydrogens is 600 g/mol. The molecule has 3 N–H and O–H groups in total. The van der Waals surface area contributed by atoms with Crippen molar-refractivity contribution in [2.24, 2.45) is 5.92 Å². The van der Waals surface area contributed by atoms with Crippen LogP contribution in [0.3, 0.4) is 0 Å². The highest BCUT2D eigenvalue weighted by molar-refractivity contribution is 5.77. The van der Waals surface area contributed by atoms with Gasteiger partial charge in [0.2, 0.25) is 5.91 Å². The fourth-order valence-corrected chi connectivity index (χ4v) is 4.69. The number of ether oxygens (including phenoxy) is 1. The molecule has 9 nitrogen and oxygen atoms in total. The maximum absolute atomic E-state index is 12.6. The monoisotopic (exact) mass is 635 g/mol. The van der Waals surface area contributed by atoms with E-state index in [-0.39, 0.29) is 17.4 Å². The molecule has 2 aliphatic rings. The Morgan fingerprint density at radius 1 is 0.977 bits per heavy atom. The van der Waals surface area contributed by atoms with E-state index in [0.717, 1.165) is 56.9 Å². The molecule has 1 saturated heterocycles. The van der Waals surface area contributed by atoms with Crippen LogP contribution in [0, 0.1) is 5.92 Å². The number of nitrogens with one attached hydrogen (secondary N) is 1. The maximum atomic E-state index is 12.6. The number of para-hydroxylation sites is 1. The lowest BCUT2D eigenvalue weighted by Crippen LogP contribution is -2.50. The minimum absolute atomic E-state index is 0.146. The predicted molar refractivity (Wildman–Crippen MR) is 146 cm³/mol. The first-order chi connectivity index (χ1) is 20.4. The van der Waals surface area contributed by atoms with Gasteiger partial charge in [-0.2, -0.15) is 26.3 Å². The average molecular weight is 636 g/mol. The van der Waals surface area contributed by atoms with Gasteiger partial charge in [0.1, 0.15) is 11.4 Å². The highest BCUT2D eigenvalue weighted by Gasteiger charge is 2.43. The number of aliphatic carboxylic acids is 2. The van der Waals surface area contributed by atoms with Crippen molar-refractivity contribution in [2.75, 3.05) is 19.6 Å². The fourth-order valence-electron chi connectivity index (χ4n) is 4.69. The molecule has 1 aromatic carbocycles. The molecule has 0 saturated carbocycles. The molecule has 0 radical (unpaired) electrons. The standard InChI is InChI=1S/C25H33N3O2.2C2HF3O2/c1-19(2)17-27-24(29)15-20-16-25(30-23-9-4-3-8-22(20)23)10-13-28(14-11-25)18-21-7-5-6-12-26-21;2*3-2(4,5)1(6)7/h3-9,12,19-20H,10-11,13-18H2,1-2H3,(H,27,29);2*(H,6,7). The Labute approximate surface area is 250 Å². The van der Waals surface area contributed by atoms with Crippen molar-refractivity contribution in [1.82, 2.24) is 15.2 Å². The molecule has 1 spiro atoms. The van der Waals surface area contributed by atoms with Crippen molar-refractivity contribution >= 4 is 17.8 Å². The zero-order chi connectivity index (χ0) is 33.1. The average Bonchev–Trinajstić information content (AvgIpc) is 2.93. The molecule has 2 aromatic rings. The molecule has 44 heavy (non-hydrogen) atoms. The van der Waals surface area contributed by atoms with Crippen LogP contribution in [0.1, 0.15) is 56.7 Å². The number of fused-ring (bicyclic) bond motifs is 1. The van der Waals surface area contributed by atoms with Crippen LogP contribution in [-0.2, 0) is 20.9 Å². The molecule has 244 valence electrons. The minimum atomic E-state index is -5.08. The molecule has 0 bridgehead atoms. The van der Waals surface area contributed by atoms with Crippen LogP contribution in [0.2, 0.25) is 0 Å². The summed E-state index contributed by atoms with van der Waals surface area (Å²) >= 11 is 0. The lowest BCUT2D eigenvalue weighted by Gasteiger charge is -2.47. The van der Waals surface area contributed by atoms with Crippen LogP contribution in [0.15, 0.2) is 48.7 Å². The molecule has 1 fully saturated rings. The quantitative estimate of drug-likeness (QED) is 0.360. The summed E-state index contributed by atoms with van der Waals surface area (Å²) in [5.41, 5.74) is 2.12. The number of halogens is 6. The number of rotatable bonds is 6. The summed E-state index contributed by atoms with van der Waals surface area (Å²) in [6.07, 6.45) is -4.89. The zero-order valence-electron chi connectivity index (χ0n) is 24.1. The van der Waals surface area contributed by atoms with Crippen molar-refractivity contribution in [3.8, 4) is 5.75 Å². The number of hydrogen-bond donors (Lipinski definition) is 3. The number of pyridine rings is 1. The Morgan fingerprint density at radius 3 is 2.02 bits per heavy atom. The van der Waals surface area contributed by atoms with E-state index in [1.165, 1.54) is 5.56 Å². The molecule has 2 aliphatic heterocycles. The van der Waals surface area contributed by atoms with Crippen molar-refractivity contribution in [3.63, 3.8) is 0 Å². The van der Waals surface area contributed by atoms with Crippen LogP contribution in [0.5, 0.6) is 5.75 Å². The molecule has 1 unspecified atom stereocenters. The number of carboxylic acids is 2. The second-order valence-electron chi connectivity index (χ2n) is 10.8. The van der Waals surface area contributed by atoms with E-state index < -0.39 is 24.3 Å². The van der Waals surface area contributed by atoms with E-state index in [0.29, 0.717) is 12.3 Å². The third kappa shape index (κ3) is 12.0. The molecule has 15 heteroatoms. The molecule has 1 amide bonds. The summed E-state index contributed by atoms with van der Waals surface area (Å²) in [6, 6.07) is 14.4. The van der Waals surface area contributed by atoms with Crippen molar-refractivity contribution in [1.29, 1.82) is 0 Å². The highest BCUT2D eigenvalue weighted by atomic mass is 19.4. The number of carbonyl (C=O) groups excluding carboxylic acids is 1. The number of alkyl halides is 6. The first kappa shape index (κ1) is 36.3. The second-order valence-corrected chi connectivity index (χ2v) is 10.8. The van der Waals surface area contributed by atoms with Crippen LogP contribution in [0.25, 0.3) is 0 Å². The number of nitrogens with zero attached hydrogens (tertiary/aromatic N) is 2. The lowest BCUT2D eigenvalue weighted by atomic mass is 9.76. The van der Waals surface area contributed by atoms with Gasteiger partial charge in [0.25, 0.3) is 0 Å². The predicted octanol–water partition coefficient (Wildman–Crippen LogP) is 5.41. The van der Waals surface area contributed by atoms with Gasteiger partial charge in [-0.15, -0.1) is 0 Å². The number of benzene rings is 1. The van der Waals surface area contributed by atoms with E-state index >= 15 is 0 Å². The van der Waals surface area contributed by atoms with Crippen molar-refractivity contribution in [3.05, 3.63) is 59.9 Å². The van der Waals surface area contributed by atoms with Crippen LogP contribution >= 0.6 is 0 Å². The van der Waals surface area contributed by atoms with Crippen LogP contribution in [0.4, 0.5) is 26.3 Å². The first-order valence-electron chi connectivity index (χ1n) is 13.7. The number of carbonyl (C=O) groups is 3. The topological polar surface area (TPSA) is 129 Å². The number of piperidine rings is 1. The third-order valence-corrected chi connectivity index (χ3v) is 6.81. The second kappa shape index (κ2) is 15.7. The van der Waals surface area contributed by atoms with Gasteiger partial charge in [0, 0.05) is 44.7 Å². The fraction of sp³-hybridized carbons (Fsp3) is 0.517. The van der Waals surface area contributed by atoms with Gasteiger partial charge in [-0.05, 0) is 48.9 Å². The van der Waals surface area contributed by atoms with Crippen LogP contribution in [-0.4, -0.2) is 75.5 Å². The highest BCUT2D eigenvalue weighted by Crippen LogP contribution is 2.46. The van der Waals surface area contributed by atoms with E-state index in [1.807, 2.05) is 24.4 Å². The lowest BCUT2D eigenvalue weighted by molar-refractivity contribution is -0.193. The Hall–Kier alpha value is -3.88. The SMILES string of the molecule is CC(C)CNC(=O)CC1CC2(CCN(Cc3ccccn3)CC2)Oc2ccccc21.O=C(O)C(F)(F)F.O=C(O)C(F)(F)F. The Morgan fingerprint density at radius 2 is 1.52 bits per heavy atom. The minimum Gasteiger partial charge on any atom is -0.487 e. The van der Waals surface area contributed by atoms with Crippen molar-refractivity contribution in [2.45, 2.75) is 69.9 Å². The Kier molecular flexibility index (Phi) is 13.0. The summed E-state index contributed by atoms with van der Waals surface area (Å²) in [7, 11) is 0. The Bertz CT molecular complexity index is 1210. The first-order valence-corrected chi connectivity index (χ1v) is 13.7. The summed E-state index contributed by atoms with van der Waals surface area (Å²) in [5.74, 6) is -3.73. The number of likely N-dealkylation sites (tertiary alicyclic amines) is 1. The molecule has 3 heterocycles. The Balaban J connectivity index is 0.000000402. The van der Waals surface area contributed by atoms with Gasteiger partial charge >= 0.3 is 24.3 Å². The van der Waals surface area contributed by atoms with E-state index in [2.05, 4.69) is 53.3 Å². The van der Waals surface area contributed by atoms with E-state index in [4.69, 9.17) is 24.5 Å². The molecular formula is C29H35F6N3O6. The van der Waals surface area contributed by atoms with Crippen molar-refractivity contribution < 1.29 is 55.7 Å². The summed E-state index contributed by atoms with van der Waals surface area (Å²) < 4.78 is 70.1. The zero-order valence-corrected chi connectivity index (χ0v) is 24.1. The van der Waals surface area contributed by atoms with Gasteiger partial charge in [-0.3, -0.25) is 14.7 Å². The smallest absolute Gasteiger partial charge is 0.487 e. The number of amides is 1. The molecule has 1 atom stereocenters. The van der Waals surface area contributed by atoms with E-state index in [9.17, 15) is 31.1 Å². The summed E-state index contributed by atoms with van der Waals surface area (Å²) in [6.45, 7) is 7.84. The molecule has 0 aliphatic carbocycles. The van der Waals surface area contributed by atoms with Gasteiger partial charge in [0.05, 0.1) is 5.69 Å². The van der Waals surface area contributed by atoms with Gasteiger partial charge < -0.3 is 20.3 Å². The van der Waals surface area contributed by atoms with Gasteiger partial charge in [-0.1, -0.05) is 38.1 Å². The summed E-state index contributed by atoms with van der Waals surface area (Å²) in [5, 5.41) is 17.3. The largest absolute Gasteiger partial charge is 0.490 e. The molecule has 4 rings (SSSR count). The van der Waals surface area contributed by atoms with E-state index in [1.54, 1.807) is 0 Å². The number of aromatic nitrogens is 1. The van der Waals surface area contributed by atoms with Gasteiger partial charge in [0.15, 0.2) is 0 Å².